The normalized spacial score (nSPS) is 18.4. The lowest BCUT2D eigenvalue weighted by atomic mass is 9.94. The van der Waals surface area contributed by atoms with Gasteiger partial charge in [-0.15, -0.1) is 0 Å². The number of aromatic nitrogens is 3. The first kappa shape index (κ1) is 13.1. The number of rotatable bonds is 4. The number of nitrogens with zero attached hydrogens (tertiary/aromatic N) is 3. The third-order valence-corrected chi connectivity index (χ3v) is 3.68. The summed E-state index contributed by atoms with van der Waals surface area (Å²) in [5, 5.41) is 13.8. The van der Waals surface area contributed by atoms with Crippen LogP contribution in [0.4, 0.5) is 0 Å². The molecule has 0 amide bonds. The largest absolute Gasteiger partial charge is 0.394 e. The zero-order valence-corrected chi connectivity index (χ0v) is 11.4. The highest BCUT2D eigenvalue weighted by molar-refractivity contribution is 5.54. The van der Waals surface area contributed by atoms with Crippen LogP contribution in [0.3, 0.4) is 0 Å². The van der Waals surface area contributed by atoms with Crippen LogP contribution in [0.2, 0.25) is 0 Å². The standard InChI is InChI=1S/C16H19N3O/c20-12-11-19-16(14-9-5-2-6-10-14)17-15(18-19)13-7-3-1-4-8-13/h1-5,7-8,14,20H,6,9-12H2/t14-/m0/s1. The van der Waals surface area contributed by atoms with Crippen LogP contribution < -0.4 is 0 Å². The van der Waals surface area contributed by atoms with Gasteiger partial charge >= 0.3 is 0 Å². The smallest absolute Gasteiger partial charge is 0.181 e. The van der Waals surface area contributed by atoms with Gasteiger partial charge in [0.05, 0.1) is 13.2 Å². The first-order valence-corrected chi connectivity index (χ1v) is 7.14. The third-order valence-electron chi connectivity index (χ3n) is 3.68. The van der Waals surface area contributed by atoms with E-state index in [1.807, 2.05) is 35.0 Å². The summed E-state index contributed by atoms with van der Waals surface area (Å²) in [4.78, 5) is 4.73. The Balaban J connectivity index is 1.95. The van der Waals surface area contributed by atoms with Crippen molar-refractivity contribution < 1.29 is 5.11 Å². The van der Waals surface area contributed by atoms with Crippen molar-refractivity contribution in [3.05, 3.63) is 48.3 Å². The van der Waals surface area contributed by atoms with Gasteiger partial charge in [-0.25, -0.2) is 9.67 Å². The lowest BCUT2D eigenvalue weighted by molar-refractivity contribution is 0.265. The minimum Gasteiger partial charge on any atom is -0.394 e. The fourth-order valence-corrected chi connectivity index (χ4v) is 2.65. The summed E-state index contributed by atoms with van der Waals surface area (Å²) in [6, 6.07) is 10.0. The molecular formula is C16H19N3O. The molecule has 0 fully saturated rings. The van der Waals surface area contributed by atoms with E-state index in [-0.39, 0.29) is 6.61 Å². The van der Waals surface area contributed by atoms with Crippen LogP contribution in [0.1, 0.15) is 31.0 Å². The molecule has 4 heteroatoms. The number of hydrogen-bond donors (Lipinski definition) is 1. The first-order chi connectivity index (χ1) is 9.88. The zero-order valence-electron chi connectivity index (χ0n) is 11.4. The molecular weight excluding hydrogens is 250 g/mol. The highest BCUT2D eigenvalue weighted by Crippen LogP contribution is 2.29. The van der Waals surface area contributed by atoms with E-state index in [9.17, 15) is 5.11 Å². The van der Waals surface area contributed by atoms with Crippen molar-refractivity contribution >= 4 is 0 Å². The first-order valence-electron chi connectivity index (χ1n) is 7.14. The van der Waals surface area contributed by atoms with Crippen LogP contribution in [0.25, 0.3) is 11.4 Å². The Kier molecular flexibility index (Phi) is 3.92. The lowest BCUT2D eigenvalue weighted by Crippen LogP contribution is -2.13. The third kappa shape index (κ3) is 2.65. The molecule has 1 N–H and O–H groups in total. The molecule has 0 bridgehead atoms. The molecule has 1 aliphatic carbocycles. The summed E-state index contributed by atoms with van der Waals surface area (Å²) in [5.74, 6) is 2.17. The maximum Gasteiger partial charge on any atom is 0.181 e. The molecule has 0 unspecified atom stereocenters. The molecule has 0 aliphatic heterocycles. The summed E-state index contributed by atoms with van der Waals surface area (Å²) in [7, 11) is 0. The predicted octanol–water partition coefficient (Wildman–Crippen LogP) is 2.76. The summed E-state index contributed by atoms with van der Waals surface area (Å²) in [6.07, 6.45) is 7.65. The van der Waals surface area contributed by atoms with E-state index in [1.54, 1.807) is 0 Å². The van der Waals surface area contributed by atoms with E-state index in [4.69, 9.17) is 4.98 Å². The number of benzene rings is 1. The van der Waals surface area contributed by atoms with E-state index in [1.165, 1.54) is 0 Å². The fourth-order valence-electron chi connectivity index (χ4n) is 2.65. The molecule has 1 aromatic heterocycles. The number of hydrogen-bond acceptors (Lipinski definition) is 3. The van der Waals surface area contributed by atoms with Crippen molar-refractivity contribution in [2.75, 3.05) is 6.61 Å². The Morgan fingerprint density at radius 3 is 2.75 bits per heavy atom. The van der Waals surface area contributed by atoms with Crippen LogP contribution in [0.15, 0.2) is 42.5 Å². The minimum absolute atomic E-state index is 0.0904. The molecule has 1 heterocycles. The molecule has 1 atom stereocenters. The molecule has 20 heavy (non-hydrogen) atoms. The van der Waals surface area contributed by atoms with Crippen molar-refractivity contribution in [1.82, 2.24) is 14.8 Å². The van der Waals surface area contributed by atoms with Crippen molar-refractivity contribution in [3.8, 4) is 11.4 Å². The molecule has 104 valence electrons. The maximum absolute atomic E-state index is 9.22. The summed E-state index contributed by atoms with van der Waals surface area (Å²) >= 11 is 0. The van der Waals surface area contributed by atoms with E-state index >= 15 is 0 Å². The van der Waals surface area contributed by atoms with E-state index < -0.39 is 0 Å². The Morgan fingerprint density at radius 1 is 1.20 bits per heavy atom. The molecule has 0 spiro atoms. The minimum atomic E-state index is 0.0904. The quantitative estimate of drug-likeness (QED) is 0.868. The van der Waals surface area contributed by atoms with Gasteiger partial charge in [0.15, 0.2) is 5.82 Å². The molecule has 4 nitrogen and oxygen atoms in total. The van der Waals surface area contributed by atoms with Gasteiger partial charge in [-0.1, -0.05) is 42.5 Å². The Hall–Kier alpha value is -1.94. The monoisotopic (exact) mass is 269 g/mol. The van der Waals surface area contributed by atoms with Gasteiger partial charge in [-0.05, 0) is 19.3 Å². The molecule has 3 rings (SSSR count). The van der Waals surface area contributed by atoms with E-state index in [2.05, 4.69) is 17.3 Å². The number of aliphatic hydroxyl groups is 1. The molecule has 1 aliphatic rings. The van der Waals surface area contributed by atoms with Gasteiger partial charge in [0, 0.05) is 11.5 Å². The maximum atomic E-state index is 9.22. The average Bonchev–Trinajstić information content (AvgIpc) is 2.94. The van der Waals surface area contributed by atoms with Gasteiger partial charge < -0.3 is 5.11 Å². The second-order valence-corrected chi connectivity index (χ2v) is 5.09. The highest BCUT2D eigenvalue weighted by atomic mass is 16.3. The van der Waals surface area contributed by atoms with Crippen molar-refractivity contribution in [1.29, 1.82) is 0 Å². The second kappa shape index (κ2) is 6.01. The SMILES string of the molecule is OCCn1nc(-c2ccccc2)nc1[C@H]1CC=CCC1. The van der Waals surface area contributed by atoms with Crippen molar-refractivity contribution in [2.24, 2.45) is 0 Å². The highest BCUT2D eigenvalue weighted by Gasteiger charge is 2.20. The van der Waals surface area contributed by atoms with Gasteiger partial charge in [0.1, 0.15) is 5.82 Å². The lowest BCUT2D eigenvalue weighted by Gasteiger charge is -2.17. The van der Waals surface area contributed by atoms with Gasteiger partial charge in [0.25, 0.3) is 0 Å². The zero-order chi connectivity index (χ0) is 13.8. The van der Waals surface area contributed by atoms with Crippen LogP contribution in [0, 0.1) is 0 Å². The van der Waals surface area contributed by atoms with Crippen molar-refractivity contribution in [2.45, 2.75) is 31.7 Å². The summed E-state index contributed by atoms with van der Waals surface area (Å²) in [6.45, 7) is 0.600. The summed E-state index contributed by atoms with van der Waals surface area (Å²) < 4.78 is 1.87. The Bertz CT molecular complexity index is 589. The van der Waals surface area contributed by atoms with Gasteiger partial charge in [-0.3, -0.25) is 0 Å². The second-order valence-electron chi connectivity index (χ2n) is 5.09. The van der Waals surface area contributed by atoms with Crippen LogP contribution in [-0.4, -0.2) is 26.5 Å². The molecule has 2 aromatic rings. The Labute approximate surface area is 118 Å². The van der Waals surface area contributed by atoms with Gasteiger partial charge in [-0.2, -0.15) is 5.10 Å². The number of aliphatic hydroxyl groups excluding tert-OH is 1. The average molecular weight is 269 g/mol. The van der Waals surface area contributed by atoms with Gasteiger partial charge in [0.2, 0.25) is 0 Å². The molecule has 1 aromatic carbocycles. The summed E-state index contributed by atoms with van der Waals surface area (Å²) in [5.41, 5.74) is 1.02. The van der Waals surface area contributed by atoms with Crippen LogP contribution in [-0.2, 0) is 6.54 Å². The molecule has 0 radical (unpaired) electrons. The predicted molar refractivity (Wildman–Crippen MR) is 78.3 cm³/mol. The van der Waals surface area contributed by atoms with E-state index in [0.717, 1.165) is 36.5 Å². The number of allylic oxidation sites excluding steroid dienone is 2. The fraction of sp³-hybridized carbons (Fsp3) is 0.375. The topological polar surface area (TPSA) is 50.9 Å². The van der Waals surface area contributed by atoms with Crippen LogP contribution in [0.5, 0.6) is 0 Å². The van der Waals surface area contributed by atoms with Crippen molar-refractivity contribution in [3.63, 3.8) is 0 Å². The van der Waals surface area contributed by atoms with E-state index in [0.29, 0.717) is 12.5 Å². The van der Waals surface area contributed by atoms with Crippen LogP contribution >= 0.6 is 0 Å². The molecule has 0 saturated carbocycles. The Morgan fingerprint density at radius 2 is 2.05 bits per heavy atom. The molecule has 0 saturated heterocycles.